The Balaban J connectivity index is 1.91. The van der Waals surface area contributed by atoms with E-state index in [0.29, 0.717) is 0 Å². The van der Waals surface area contributed by atoms with Crippen LogP contribution in [0.2, 0.25) is 0 Å². The SMILES string of the molecule is C=CC(O)c1ccc(C[C@H]2OC(C)(C)O[C@@H]2CCCCCCC)cc1. The third-order valence-corrected chi connectivity index (χ3v) is 4.86. The van der Waals surface area contributed by atoms with Gasteiger partial charge in [-0.05, 0) is 31.4 Å². The van der Waals surface area contributed by atoms with Gasteiger partial charge in [-0.2, -0.15) is 0 Å². The van der Waals surface area contributed by atoms with Gasteiger partial charge in [0.25, 0.3) is 0 Å². The zero-order valence-corrected chi connectivity index (χ0v) is 16.0. The van der Waals surface area contributed by atoms with Crippen LogP contribution in [-0.2, 0) is 15.9 Å². The summed E-state index contributed by atoms with van der Waals surface area (Å²) < 4.78 is 12.3. The molecule has 0 aliphatic carbocycles. The number of ether oxygens (including phenoxy) is 2. The number of aliphatic hydroxyl groups excluding tert-OH is 1. The van der Waals surface area contributed by atoms with Crippen molar-refractivity contribution in [3.05, 3.63) is 48.0 Å². The van der Waals surface area contributed by atoms with E-state index in [1.807, 2.05) is 26.0 Å². The molecule has 1 fully saturated rings. The van der Waals surface area contributed by atoms with Crippen LogP contribution in [0.1, 0.15) is 76.5 Å². The Labute approximate surface area is 153 Å². The first-order valence-electron chi connectivity index (χ1n) is 9.70. The van der Waals surface area contributed by atoms with E-state index in [1.165, 1.54) is 37.7 Å². The monoisotopic (exact) mass is 346 g/mol. The highest BCUT2D eigenvalue weighted by molar-refractivity contribution is 5.26. The lowest BCUT2D eigenvalue weighted by atomic mass is 9.98. The van der Waals surface area contributed by atoms with Crippen LogP contribution in [-0.4, -0.2) is 23.1 Å². The summed E-state index contributed by atoms with van der Waals surface area (Å²) in [4.78, 5) is 0. The van der Waals surface area contributed by atoms with E-state index in [1.54, 1.807) is 6.08 Å². The van der Waals surface area contributed by atoms with Gasteiger partial charge in [-0.25, -0.2) is 0 Å². The van der Waals surface area contributed by atoms with Gasteiger partial charge in [0.1, 0.15) is 0 Å². The van der Waals surface area contributed by atoms with Gasteiger partial charge in [0.15, 0.2) is 5.79 Å². The molecular weight excluding hydrogens is 312 g/mol. The van der Waals surface area contributed by atoms with Gasteiger partial charge in [-0.15, -0.1) is 6.58 Å². The molecule has 3 heteroatoms. The van der Waals surface area contributed by atoms with E-state index in [-0.39, 0.29) is 12.2 Å². The van der Waals surface area contributed by atoms with Crippen molar-refractivity contribution in [2.75, 3.05) is 0 Å². The molecule has 0 spiro atoms. The fourth-order valence-corrected chi connectivity index (χ4v) is 3.49. The Morgan fingerprint density at radius 1 is 1.08 bits per heavy atom. The first-order valence-corrected chi connectivity index (χ1v) is 9.70. The molecule has 1 heterocycles. The van der Waals surface area contributed by atoms with E-state index < -0.39 is 11.9 Å². The van der Waals surface area contributed by atoms with Gasteiger partial charge < -0.3 is 14.6 Å². The molecule has 0 aromatic heterocycles. The zero-order valence-electron chi connectivity index (χ0n) is 16.0. The number of hydrogen-bond donors (Lipinski definition) is 1. The molecule has 1 aliphatic rings. The Hall–Kier alpha value is -1.16. The fourth-order valence-electron chi connectivity index (χ4n) is 3.49. The number of benzene rings is 1. The molecule has 1 aromatic rings. The maximum Gasteiger partial charge on any atom is 0.163 e. The summed E-state index contributed by atoms with van der Waals surface area (Å²) in [5.74, 6) is -0.502. The van der Waals surface area contributed by atoms with E-state index in [0.717, 1.165) is 18.4 Å². The van der Waals surface area contributed by atoms with Crippen LogP contribution in [0.25, 0.3) is 0 Å². The number of rotatable bonds is 10. The van der Waals surface area contributed by atoms with Crippen LogP contribution < -0.4 is 0 Å². The summed E-state index contributed by atoms with van der Waals surface area (Å²) in [6.45, 7) is 9.87. The van der Waals surface area contributed by atoms with Crippen molar-refractivity contribution in [1.82, 2.24) is 0 Å². The Kier molecular flexibility index (Phi) is 7.67. The van der Waals surface area contributed by atoms with Crippen molar-refractivity contribution >= 4 is 0 Å². The summed E-state index contributed by atoms with van der Waals surface area (Å²) in [5.41, 5.74) is 2.08. The second kappa shape index (κ2) is 9.51. The predicted octanol–water partition coefficient (Wildman–Crippen LogP) is 5.33. The summed E-state index contributed by atoms with van der Waals surface area (Å²) in [6, 6.07) is 8.05. The molecule has 1 saturated heterocycles. The molecule has 140 valence electrons. The Morgan fingerprint density at radius 3 is 2.36 bits per heavy atom. The van der Waals surface area contributed by atoms with Gasteiger partial charge in [-0.3, -0.25) is 0 Å². The Bertz CT molecular complexity index is 521. The van der Waals surface area contributed by atoms with Crippen molar-refractivity contribution in [3.63, 3.8) is 0 Å². The molecule has 3 nitrogen and oxygen atoms in total. The van der Waals surface area contributed by atoms with Crippen molar-refractivity contribution in [2.45, 2.75) is 89.8 Å². The molecule has 0 bridgehead atoms. The van der Waals surface area contributed by atoms with Gasteiger partial charge in [0.2, 0.25) is 0 Å². The Morgan fingerprint density at radius 2 is 1.72 bits per heavy atom. The minimum Gasteiger partial charge on any atom is -0.384 e. The third kappa shape index (κ3) is 6.25. The molecule has 25 heavy (non-hydrogen) atoms. The first-order chi connectivity index (χ1) is 11.9. The van der Waals surface area contributed by atoms with E-state index in [4.69, 9.17) is 9.47 Å². The first kappa shape index (κ1) is 20.2. The van der Waals surface area contributed by atoms with Crippen LogP contribution in [0.3, 0.4) is 0 Å². The second-order valence-corrected chi connectivity index (χ2v) is 7.54. The third-order valence-electron chi connectivity index (χ3n) is 4.86. The van der Waals surface area contributed by atoms with E-state index in [2.05, 4.69) is 25.6 Å². The number of hydrogen-bond acceptors (Lipinski definition) is 3. The second-order valence-electron chi connectivity index (χ2n) is 7.54. The maximum atomic E-state index is 9.81. The minimum absolute atomic E-state index is 0.0938. The summed E-state index contributed by atoms with van der Waals surface area (Å²) in [5, 5.41) is 9.81. The van der Waals surface area contributed by atoms with Crippen LogP contribution in [0, 0.1) is 0 Å². The van der Waals surface area contributed by atoms with Crippen LogP contribution in [0.15, 0.2) is 36.9 Å². The standard InChI is InChI=1S/C22H34O3/c1-5-7-8-9-10-11-20-21(25-22(3,4)24-20)16-17-12-14-18(15-13-17)19(23)6-2/h6,12-15,19-21,23H,2,5,7-11,16H2,1,3-4H3/t19?,20-,21-/m1/s1. The molecular formula is C22H34O3. The smallest absolute Gasteiger partial charge is 0.163 e. The van der Waals surface area contributed by atoms with Crippen molar-refractivity contribution in [2.24, 2.45) is 0 Å². The average molecular weight is 347 g/mol. The minimum atomic E-state index is -0.602. The molecule has 2 rings (SSSR count). The average Bonchev–Trinajstić information content (AvgIpc) is 2.88. The highest BCUT2D eigenvalue weighted by Gasteiger charge is 2.40. The van der Waals surface area contributed by atoms with Gasteiger partial charge in [0.05, 0.1) is 18.3 Å². The zero-order chi connectivity index (χ0) is 18.3. The molecule has 1 aromatic carbocycles. The lowest BCUT2D eigenvalue weighted by molar-refractivity contribution is -0.146. The lowest BCUT2D eigenvalue weighted by Gasteiger charge is -2.17. The summed E-state index contributed by atoms with van der Waals surface area (Å²) in [6.07, 6.45) is 9.47. The molecule has 1 aliphatic heterocycles. The lowest BCUT2D eigenvalue weighted by Crippen LogP contribution is -2.25. The maximum absolute atomic E-state index is 9.81. The molecule has 0 saturated carbocycles. The van der Waals surface area contributed by atoms with Crippen molar-refractivity contribution in [3.8, 4) is 0 Å². The molecule has 0 amide bonds. The molecule has 0 radical (unpaired) electrons. The normalized spacial score (nSPS) is 23.5. The van der Waals surface area contributed by atoms with E-state index >= 15 is 0 Å². The van der Waals surface area contributed by atoms with Gasteiger partial charge in [-0.1, -0.05) is 69.4 Å². The van der Waals surface area contributed by atoms with Gasteiger partial charge in [0, 0.05) is 6.42 Å². The summed E-state index contributed by atoms with van der Waals surface area (Å²) in [7, 11) is 0. The van der Waals surface area contributed by atoms with E-state index in [9.17, 15) is 5.11 Å². The summed E-state index contributed by atoms with van der Waals surface area (Å²) >= 11 is 0. The highest BCUT2D eigenvalue weighted by Crippen LogP contribution is 2.33. The highest BCUT2D eigenvalue weighted by atomic mass is 16.7. The van der Waals surface area contributed by atoms with Crippen molar-refractivity contribution < 1.29 is 14.6 Å². The van der Waals surface area contributed by atoms with Crippen LogP contribution >= 0.6 is 0 Å². The van der Waals surface area contributed by atoms with Crippen LogP contribution in [0.4, 0.5) is 0 Å². The largest absolute Gasteiger partial charge is 0.384 e. The molecule has 1 N–H and O–H groups in total. The predicted molar refractivity (Wildman–Crippen MR) is 103 cm³/mol. The van der Waals surface area contributed by atoms with Crippen molar-refractivity contribution in [1.29, 1.82) is 0 Å². The number of unbranched alkanes of at least 4 members (excludes halogenated alkanes) is 4. The van der Waals surface area contributed by atoms with Gasteiger partial charge >= 0.3 is 0 Å². The molecule has 3 atom stereocenters. The fraction of sp³-hybridized carbons (Fsp3) is 0.636. The van der Waals surface area contributed by atoms with Crippen LogP contribution in [0.5, 0.6) is 0 Å². The molecule has 1 unspecified atom stereocenters. The topological polar surface area (TPSA) is 38.7 Å². The number of aliphatic hydroxyl groups is 1. The quantitative estimate of drug-likeness (QED) is 0.460.